The smallest absolute Gasteiger partial charge is 0.0731 e. The Hall–Kier alpha value is -0.882. The zero-order valence-corrected chi connectivity index (χ0v) is 19.8. The average molecular weight is 522 g/mol. The fraction of sp³-hybridized carbons (Fsp3) is 0.591. The molecule has 2 aromatic rings. The van der Waals surface area contributed by atoms with Crippen molar-refractivity contribution >= 4 is 0 Å². The summed E-state index contributed by atoms with van der Waals surface area (Å²) in [4.78, 5) is 0. The van der Waals surface area contributed by atoms with E-state index in [1.54, 1.807) is 0 Å². The first-order chi connectivity index (χ1) is 11.1. The van der Waals surface area contributed by atoms with Gasteiger partial charge >= 0.3 is 0 Å². The van der Waals surface area contributed by atoms with Crippen LogP contribution in [0.5, 0.6) is 0 Å². The standard InChI is InChI=1S/C22H34N2.Pt/c1-12(2)21-20(22(13(3)4)24(23-21)14(5)6)19-17(9)15(7)11-16(8)18(19)10;/h11-14H,1-10H3;. The van der Waals surface area contributed by atoms with E-state index in [1.165, 1.54) is 44.8 Å². The van der Waals surface area contributed by atoms with Crippen LogP contribution in [0.2, 0.25) is 0 Å². The van der Waals surface area contributed by atoms with Gasteiger partial charge in [-0.05, 0) is 81.2 Å². The molecule has 0 aliphatic heterocycles. The molecule has 1 aromatic heterocycles. The van der Waals surface area contributed by atoms with Gasteiger partial charge in [-0.25, -0.2) is 0 Å². The number of rotatable bonds is 4. The van der Waals surface area contributed by atoms with Crippen LogP contribution in [0, 0.1) is 27.7 Å². The molecule has 0 unspecified atom stereocenters. The van der Waals surface area contributed by atoms with E-state index >= 15 is 0 Å². The second-order valence-electron chi connectivity index (χ2n) is 8.13. The van der Waals surface area contributed by atoms with Gasteiger partial charge in [-0.15, -0.1) is 0 Å². The van der Waals surface area contributed by atoms with E-state index in [-0.39, 0.29) is 21.1 Å². The Kier molecular flexibility index (Phi) is 7.28. The first-order valence-corrected chi connectivity index (χ1v) is 9.27. The maximum absolute atomic E-state index is 5.07. The molecule has 0 aliphatic carbocycles. The van der Waals surface area contributed by atoms with Gasteiger partial charge in [-0.2, -0.15) is 5.10 Å². The van der Waals surface area contributed by atoms with Crippen LogP contribution in [-0.4, -0.2) is 9.78 Å². The van der Waals surface area contributed by atoms with Crippen LogP contribution >= 0.6 is 0 Å². The maximum Gasteiger partial charge on any atom is 0.0731 e. The Morgan fingerprint density at radius 2 is 1.24 bits per heavy atom. The van der Waals surface area contributed by atoms with Crippen molar-refractivity contribution in [2.24, 2.45) is 0 Å². The molecule has 0 spiro atoms. The predicted molar refractivity (Wildman–Crippen MR) is 105 cm³/mol. The molecule has 2 rings (SSSR count). The first kappa shape index (κ1) is 22.2. The molecular weight excluding hydrogens is 487 g/mol. The molecule has 1 aromatic carbocycles. The van der Waals surface area contributed by atoms with Crippen molar-refractivity contribution in [2.75, 3.05) is 0 Å². The van der Waals surface area contributed by atoms with Gasteiger partial charge < -0.3 is 0 Å². The molecule has 0 saturated carbocycles. The molecule has 0 bridgehead atoms. The summed E-state index contributed by atoms with van der Waals surface area (Å²) >= 11 is 0. The van der Waals surface area contributed by atoms with Gasteiger partial charge in [0.05, 0.1) is 5.69 Å². The van der Waals surface area contributed by atoms with E-state index < -0.39 is 0 Å². The first-order valence-electron chi connectivity index (χ1n) is 9.27. The average Bonchev–Trinajstić information content (AvgIpc) is 2.86. The Bertz CT molecular complexity index is 726. The van der Waals surface area contributed by atoms with Crippen LogP contribution in [0.15, 0.2) is 6.07 Å². The van der Waals surface area contributed by atoms with Crippen LogP contribution in [0.1, 0.15) is 93.1 Å². The second kappa shape index (κ2) is 8.21. The topological polar surface area (TPSA) is 17.8 Å². The zero-order valence-electron chi connectivity index (χ0n) is 17.5. The number of hydrogen-bond donors (Lipinski definition) is 0. The summed E-state index contributed by atoms with van der Waals surface area (Å²) in [6.45, 7) is 22.5. The van der Waals surface area contributed by atoms with Crippen LogP contribution in [0.4, 0.5) is 0 Å². The van der Waals surface area contributed by atoms with E-state index in [1.807, 2.05) is 0 Å². The summed E-state index contributed by atoms with van der Waals surface area (Å²) in [5.74, 6) is 0.860. The van der Waals surface area contributed by atoms with Crippen molar-refractivity contribution in [1.82, 2.24) is 9.78 Å². The van der Waals surface area contributed by atoms with Gasteiger partial charge in [0, 0.05) is 38.4 Å². The molecule has 0 N–H and O–H groups in total. The molecule has 2 nitrogen and oxygen atoms in total. The molecule has 142 valence electrons. The van der Waals surface area contributed by atoms with E-state index in [0.717, 1.165) is 0 Å². The number of benzene rings is 1. The van der Waals surface area contributed by atoms with Crippen molar-refractivity contribution in [3.05, 3.63) is 39.7 Å². The Morgan fingerprint density at radius 1 is 0.760 bits per heavy atom. The Labute approximate surface area is 168 Å². The predicted octanol–water partition coefficient (Wildman–Crippen LogP) is 6.61. The van der Waals surface area contributed by atoms with Crippen molar-refractivity contribution in [3.63, 3.8) is 0 Å². The van der Waals surface area contributed by atoms with Gasteiger partial charge in [0.1, 0.15) is 0 Å². The van der Waals surface area contributed by atoms with Crippen molar-refractivity contribution in [1.29, 1.82) is 0 Å². The van der Waals surface area contributed by atoms with Crippen LogP contribution in [0.3, 0.4) is 0 Å². The summed E-state index contributed by atoms with van der Waals surface area (Å²) in [7, 11) is 0. The Balaban J connectivity index is 0.00000312. The quantitative estimate of drug-likeness (QED) is 0.443. The molecule has 25 heavy (non-hydrogen) atoms. The van der Waals surface area contributed by atoms with Gasteiger partial charge in [0.25, 0.3) is 0 Å². The third-order valence-electron chi connectivity index (χ3n) is 5.17. The number of aromatic nitrogens is 2. The molecule has 0 radical (unpaired) electrons. The number of hydrogen-bond acceptors (Lipinski definition) is 1. The number of aryl methyl sites for hydroxylation is 2. The van der Waals surface area contributed by atoms with E-state index in [0.29, 0.717) is 17.9 Å². The largest absolute Gasteiger partial charge is 0.266 e. The Morgan fingerprint density at radius 3 is 1.60 bits per heavy atom. The second-order valence-corrected chi connectivity index (χ2v) is 8.13. The number of nitrogens with zero attached hydrogens (tertiary/aromatic N) is 2. The third-order valence-corrected chi connectivity index (χ3v) is 5.17. The zero-order chi connectivity index (χ0) is 18.3. The van der Waals surface area contributed by atoms with E-state index in [9.17, 15) is 0 Å². The monoisotopic (exact) mass is 521 g/mol. The molecular formula is C22H34N2Pt. The van der Waals surface area contributed by atoms with Crippen molar-refractivity contribution in [2.45, 2.75) is 87.1 Å². The summed E-state index contributed by atoms with van der Waals surface area (Å²) < 4.78 is 2.26. The summed E-state index contributed by atoms with van der Waals surface area (Å²) in [5.41, 5.74) is 10.9. The molecule has 3 heteroatoms. The van der Waals surface area contributed by atoms with Gasteiger partial charge in [0.15, 0.2) is 0 Å². The summed E-state index contributed by atoms with van der Waals surface area (Å²) in [5, 5.41) is 5.07. The minimum Gasteiger partial charge on any atom is -0.266 e. The van der Waals surface area contributed by atoms with Gasteiger partial charge in [-0.1, -0.05) is 33.8 Å². The molecule has 0 saturated heterocycles. The fourth-order valence-electron chi connectivity index (χ4n) is 3.66. The SMILES string of the molecule is Cc1cc(C)c(C)c(-c2c(C(C)C)nn(C(C)C)c2C(C)C)c1C.[Pt]. The molecule has 1 heterocycles. The van der Waals surface area contributed by atoms with Crippen molar-refractivity contribution < 1.29 is 21.1 Å². The van der Waals surface area contributed by atoms with Gasteiger partial charge in [0.2, 0.25) is 0 Å². The van der Waals surface area contributed by atoms with Crippen LogP contribution in [0.25, 0.3) is 11.1 Å². The minimum atomic E-state index is 0. The summed E-state index contributed by atoms with van der Waals surface area (Å²) in [6, 6.07) is 2.69. The normalized spacial score (nSPS) is 11.6. The fourth-order valence-corrected chi connectivity index (χ4v) is 3.66. The minimum absolute atomic E-state index is 0. The molecule has 0 amide bonds. The molecule has 0 aliphatic rings. The van der Waals surface area contributed by atoms with E-state index in [2.05, 4.69) is 80.0 Å². The van der Waals surface area contributed by atoms with Crippen molar-refractivity contribution in [3.8, 4) is 11.1 Å². The van der Waals surface area contributed by atoms with Crippen LogP contribution in [-0.2, 0) is 21.1 Å². The van der Waals surface area contributed by atoms with Gasteiger partial charge in [-0.3, -0.25) is 4.68 Å². The third kappa shape index (κ3) is 3.95. The summed E-state index contributed by atoms with van der Waals surface area (Å²) in [6.07, 6.45) is 0. The maximum atomic E-state index is 5.07. The molecule has 0 fully saturated rings. The molecule has 0 atom stereocenters. The van der Waals surface area contributed by atoms with E-state index in [4.69, 9.17) is 5.10 Å². The van der Waals surface area contributed by atoms with Crippen LogP contribution < -0.4 is 0 Å².